The molecule has 2 aromatic carbocycles. The van der Waals surface area contributed by atoms with Crippen molar-refractivity contribution in [3.63, 3.8) is 0 Å². The van der Waals surface area contributed by atoms with Gasteiger partial charge in [-0.2, -0.15) is 11.8 Å². The Balaban J connectivity index is 2.26. The van der Waals surface area contributed by atoms with Gasteiger partial charge in [-0.15, -0.1) is 0 Å². The van der Waals surface area contributed by atoms with Gasteiger partial charge in [0.2, 0.25) is 11.8 Å². The van der Waals surface area contributed by atoms with Crippen LogP contribution in [0.15, 0.2) is 48.5 Å². The third-order valence-electron chi connectivity index (χ3n) is 6.01. The number of carbonyl (C=O) groups is 4. The number of ether oxygens (including phenoxy) is 2. The van der Waals surface area contributed by atoms with E-state index in [1.807, 2.05) is 36.6 Å². The number of hydrogen-bond acceptors (Lipinski definition) is 8. The van der Waals surface area contributed by atoms with Crippen LogP contribution in [0.25, 0.3) is 0 Å². The summed E-state index contributed by atoms with van der Waals surface area (Å²) in [5.41, 5.74) is 0.771. The SMILES string of the molecule is COC(=O)[C@H](CCSC)NC(=O)[C@H](Cc1ccccc1)NC(=O)[C@@H](NC(=O)c1ccc(OC)cc1O)C(C)C. The van der Waals surface area contributed by atoms with Gasteiger partial charge in [0.05, 0.1) is 19.8 Å². The Morgan fingerprint density at radius 2 is 1.59 bits per heavy atom. The Bertz CT molecular complexity index is 1130. The highest BCUT2D eigenvalue weighted by molar-refractivity contribution is 7.98. The van der Waals surface area contributed by atoms with Crippen LogP contribution >= 0.6 is 11.8 Å². The molecule has 0 spiro atoms. The summed E-state index contributed by atoms with van der Waals surface area (Å²) in [6.07, 6.45) is 2.41. The van der Waals surface area contributed by atoms with E-state index >= 15 is 0 Å². The molecule has 39 heavy (non-hydrogen) atoms. The largest absolute Gasteiger partial charge is 0.507 e. The first-order valence-corrected chi connectivity index (χ1v) is 13.9. The van der Waals surface area contributed by atoms with Gasteiger partial charge in [-0.1, -0.05) is 44.2 Å². The lowest BCUT2D eigenvalue weighted by Crippen LogP contribution is -2.57. The van der Waals surface area contributed by atoms with Crippen LogP contribution in [-0.2, 0) is 25.5 Å². The number of nitrogens with one attached hydrogen (secondary N) is 3. The van der Waals surface area contributed by atoms with E-state index in [4.69, 9.17) is 9.47 Å². The van der Waals surface area contributed by atoms with Gasteiger partial charge in [-0.3, -0.25) is 14.4 Å². The molecule has 0 heterocycles. The van der Waals surface area contributed by atoms with Crippen LogP contribution in [0.3, 0.4) is 0 Å². The molecule has 3 atom stereocenters. The number of hydrogen-bond donors (Lipinski definition) is 4. The maximum absolute atomic E-state index is 13.4. The second-order valence-corrected chi connectivity index (χ2v) is 10.2. The van der Waals surface area contributed by atoms with E-state index < -0.39 is 41.8 Å². The van der Waals surface area contributed by atoms with Crippen molar-refractivity contribution < 1.29 is 33.8 Å². The average Bonchev–Trinajstić information content (AvgIpc) is 2.92. The number of amides is 3. The van der Waals surface area contributed by atoms with E-state index in [0.717, 1.165) is 5.56 Å². The minimum absolute atomic E-state index is 0.0254. The molecule has 2 rings (SSSR count). The highest BCUT2D eigenvalue weighted by Crippen LogP contribution is 2.23. The summed E-state index contributed by atoms with van der Waals surface area (Å²) in [4.78, 5) is 51.9. The summed E-state index contributed by atoms with van der Waals surface area (Å²) in [7, 11) is 2.69. The Morgan fingerprint density at radius 3 is 2.15 bits per heavy atom. The summed E-state index contributed by atoms with van der Waals surface area (Å²) < 4.78 is 9.89. The zero-order chi connectivity index (χ0) is 28.9. The quantitative estimate of drug-likeness (QED) is 0.258. The molecule has 0 bridgehead atoms. The van der Waals surface area contributed by atoms with Gasteiger partial charge in [0, 0.05) is 12.5 Å². The van der Waals surface area contributed by atoms with E-state index in [1.54, 1.807) is 13.8 Å². The number of thioether (sulfide) groups is 1. The van der Waals surface area contributed by atoms with Crippen LogP contribution in [-0.4, -0.2) is 73.2 Å². The van der Waals surface area contributed by atoms with Gasteiger partial charge < -0.3 is 30.5 Å². The van der Waals surface area contributed by atoms with Gasteiger partial charge in [-0.05, 0) is 42.0 Å². The van der Waals surface area contributed by atoms with Crippen molar-refractivity contribution >= 4 is 35.5 Å². The Labute approximate surface area is 233 Å². The maximum Gasteiger partial charge on any atom is 0.328 e. The van der Waals surface area contributed by atoms with Crippen LogP contribution in [0.1, 0.15) is 36.2 Å². The number of benzene rings is 2. The van der Waals surface area contributed by atoms with Crippen LogP contribution in [0.5, 0.6) is 11.5 Å². The van der Waals surface area contributed by atoms with Crippen molar-refractivity contribution in [3.05, 3.63) is 59.7 Å². The first kappa shape index (κ1) is 31.5. The van der Waals surface area contributed by atoms with Gasteiger partial charge in [0.15, 0.2) is 0 Å². The second kappa shape index (κ2) is 15.6. The molecule has 3 amide bonds. The Morgan fingerprint density at radius 1 is 0.923 bits per heavy atom. The number of carbonyl (C=O) groups excluding carboxylic acids is 4. The first-order chi connectivity index (χ1) is 18.6. The maximum atomic E-state index is 13.4. The van der Waals surface area contributed by atoms with Crippen LogP contribution < -0.4 is 20.7 Å². The highest BCUT2D eigenvalue weighted by Gasteiger charge is 2.31. The number of rotatable bonds is 14. The van der Waals surface area contributed by atoms with Crippen molar-refractivity contribution in [1.82, 2.24) is 16.0 Å². The average molecular weight is 560 g/mol. The fraction of sp³-hybridized carbons (Fsp3) is 0.429. The summed E-state index contributed by atoms with van der Waals surface area (Å²) in [6.45, 7) is 3.50. The number of phenols is 1. The number of methoxy groups -OCH3 is 2. The summed E-state index contributed by atoms with van der Waals surface area (Å²) >= 11 is 1.53. The molecule has 0 saturated carbocycles. The molecule has 10 nitrogen and oxygen atoms in total. The molecule has 0 radical (unpaired) electrons. The number of aromatic hydroxyl groups is 1. The summed E-state index contributed by atoms with van der Waals surface area (Å²) in [5, 5.41) is 18.4. The molecular weight excluding hydrogens is 522 g/mol. The number of esters is 1. The third-order valence-corrected chi connectivity index (χ3v) is 6.66. The molecule has 0 aliphatic rings. The van der Waals surface area contributed by atoms with Gasteiger partial charge in [-0.25, -0.2) is 4.79 Å². The smallest absolute Gasteiger partial charge is 0.328 e. The van der Waals surface area contributed by atoms with Crippen LogP contribution in [0.2, 0.25) is 0 Å². The van der Waals surface area contributed by atoms with E-state index in [1.165, 1.54) is 44.2 Å². The topological polar surface area (TPSA) is 143 Å². The van der Waals surface area contributed by atoms with E-state index in [2.05, 4.69) is 16.0 Å². The molecule has 4 N–H and O–H groups in total. The predicted octanol–water partition coefficient (Wildman–Crippen LogP) is 2.29. The lowest BCUT2D eigenvalue weighted by atomic mass is 10.00. The number of phenolic OH excluding ortho intramolecular Hbond substituents is 1. The van der Waals surface area contributed by atoms with Crippen LogP contribution in [0.4, 0.5) is 0 Å². The minimum atomic E-state index is -1.03. The van der Waals surface area contributed by atoms with Crippen molar-refractivity contribution in [2.45, 2.75) is 44.8 Å². The Hall–Kier alpha value is -3.73. The summed E-state index contributed by atoms with van der Waals surface area (Å²) in [6, 6.07) is 10.4. The standard InChI is InChI=1S/C28H37N3O7S/c1-17(2)24(31-25(33)20-12-11-19(37-3)16-23(20)32)27(35)30-22(15-18-9-7-6-8-10-18)26(34)29-21(13-14-39-5)28(36)38-4/h6-12,16-17,21-22,24,32H,13-15H2,1-5H3,(H,29,34)(H,30,35)(H,31,33)/t21-,22-,24-/m0/s1. The molecule has 0 fully saturated rings. The molecule has 0 aliphatic carbocycles. The lowest BCUT2D eigenvalue weighted by Gasteiger charge is -2.26. The van der Waals surface area contributed by atoms with Crippen LogP contribution in [0, 0.1) is 5.92 Å². The fourth-order valence-electron chi connectivity index (χ4n) is 3.80. The first-order valence-electron chi connectivity index (χ1n) is 12.5. The molecule has 2 aromatic rings. The van der Waals surface area contributed by atoms with Crippen molar-refractivity contribution in [2.24, 2.45) is 5.92 Å². The minimum Gasteiger partial charge on any atom is -0.507 e. The fourth-order valence-corrected chi connectivity index (χ4v) is 4.28. The van der Waals surface area contributed by atoms with Gasteiger partial charge in [0.1, 0.15) is 29.6 Å². The molecule has 0 aromatic heterocycles. The third kappa shape index (κ3) is 9.51. The van der Waals surface area contributed by atoms with Crippen molar-refractivity contribution in [3.8, 4) is 11.5 Å². The van der Waals surface area contributed by atoms with Crippen molar-refractivity contribution in [1.29, 1.82) is 0 Å². The molecular formula is C28H37N3O7S. The molecule has 0 saturated heterocycles. The Kier molecular flexibility index (Phi) is 12.6. The second-order valence-electron chi connectivity index (χ2n) is 9.19. The van der Waals surface area contributed by atoms with E-state index in [0.29, 0.717) is 17.9 Å². The molecule has 0 aliphatic heterocycles. The zero-order valence-corrected chi connectivity index (χ0v) is 23.7. The monoisotopic (exact) mass is 559 g/mol. The highest BCUT2D eigenvalue weighted by atomic mass is 32.2. The molecule has 11 heteroatoms. The van der Waals surface area contributed by atoms with Gasteiger partial charge in [0.25, 0.3) is 5.91 Å². The van der Waals surface area contributed by atoms with Gasteiger partial charge >= 0.3 is 5.97 Å². The normalized spacial score (nSPS) is 13.1. The van der Waals surface area contributed by atoms with Crippen molar-refractivity contribution in [2.75, 3.05) is 26.2 Å². The van der Waals surface area contributed by atoms with E-state index in [-0.39, 0.29) is 23.7 Å². The predicted molar refractivity (Wildman–Crippen MR) is 150 cm³/mol. The lowest BCUT2D eigenvalue weighted by molar-refractivity contribution is -0.145. The molecule has 212 valence electrons. The molecule has 0 unspecified atom stereocenters. The summed E-state index contributed by atoms with van der Waals surface area (Å²) in [5.74, 6) is -2.01. The van der Waals surface area contributed by atoms with E-state index in [9.17, 15) is 24.3 Å². The zero-order valence-electron chi connectivity index (χ0n) is 22.9.